The van der Waals surface area contributed by atoms with Crippen LogP contribution in [0.3, 0.4) is 0 Å². The van der Waals surface area contributed by atoms with Crippen molar-refractivity contribution in [1.29, 1.82) is 0 Å². The number of nitrogens with zero attached hydrogens (tertiary/aromatic N) is 2. The molecule has 0 unspecified atom stereocenters. The first kappa shape index (κ1) is 14.4. The minimum atomic E-state index is 0.143. The van der Waals surface area contributed by atoms with Crippen molar-refractivity contribution in [2.45, 2.75) is 26.7 Å². The Bertz CT molecular complexity index is 385. The van der Waals surface area contributed by atoms with Crippen LogP contribution in [0.1, 0.15) is 32.3 Å². The van der Waals surface area contributed by atoms with Gasteiger partial charge in [-0.2, -0.15) is 0 Å². The third kappa shape index (κ3) is 4.28. The maximum absolute atomic E-state index is 8.59. The van der Waals surface area contributed by atoms with Gasteiger partial charge in [0, 0.05) is 24.8 Å². The fourth-order valence-electron chi connectivity index (χ4n) is 1.81. The van der Waals surface area contributed by atoms with Crippen LogP contribution in [0.15, 0.2) is 29.4 Å². The second-order valence-corrected chi connectivity index (χ2v) is 4.99. The monoisotopic (exact) mass is 249 g/mol. The quantitative estimate of drug-likeness (QED) is 0.352. The SMILES string of the molecule is CC(C)CCCN(C)c1ccc(/C(N)=N/O)cc1. The summed E-state index contributed by atoms with van der Waals surface area (Å²) < 4.78 is 0. The van der Waals surface area contributed by atoms with Crippen molar-refractivity contribution in [2.75, 3.05) is 18.5 Å². The number of hydrogen-bond acceptors (Lipinski definition) is 3. The van der Waals surface area contributed by atoms with Crippen LogP contribution >= 0.6 is 0 Å². The summed E-state index contributed by atoms with van der Waals surface area (Å²) in [5, 5.41) is 11.6. The fourth-order valence-corrected chi connectivity index (χ4v) is 1.81. The predicted octanol–water partition coefficient (Wildman–Crippen LogP) is 2.65. The number of benzene rings is 1. The number of anilines is 1. The summed E-state index contributed by atoms with van der Waals surface area (Å²) in [5.41, 5.74) is 7.40. The molecule has 1 rings (SSSR count). The zero-order chi connectivity index (χ0) is 13.5. The van der Waals surface area contributed by atoms with Crippen LogP contribution in [-0.2, 0) is 0 Å². The van der Waals surface area contributed by atoms with Gasteiger partial charge in [0.05, 0.1) is 0 Å². The van der Waals surface area contributed by atoms with Crippen LogP contribution in [0.2, 0.25) is 0 Å². The van der Waals surface area contributed by atoms with E-state index >= 15 is 0 Å². The minimum Gasteiger partial charge on any atom is -0.409 e. The maximum Gasteiger partial charge on any atom is 0.170 e. The van der Waals surface area contributed by atoms with Gasteiger partial charge in [0.15, 0.2) is 5.84 Å². The number of oxime groups is 1. The average Bonchev–Trinajstić information content (AvgIpc) is 2.37. The Kier molecular flexibility index (Phi) is 5.49. The number of amidine groups is 1. The fraction of sp³-hybridized carbons (Fsp3) is 0.500. The van der Waals surface area contributed by atoms with Gasteiger partial charge in [-0.05, 0) is 43.0 Å². The zero-order valence-corrected chi connectivity index (χ0v) is 11.4. The summed E-state index contributed by atoms with van der Waals surface area (Å²) in [5.74, 6) is 0.894. The molecule has 0 amide bonds. The molecule has 18 heavy (non-hydrogen) atoms. The first-order valence-corrected chi connectivity index (χ1v) is 6.33. The molecule has 0 saturated carbocycles. The van der Waals surface area contributed by atoms with E-state index in [2.05, 4.69) is 31.0 Å². The van der Waals surface area contributed by atoms with Crippen molar-refractivity contribution in [3.8, 4) is 0 Å². The molecule has 0 aliphatic heterocycles. The van der Waals surface area contributed by atoms with Gasteiger partial charge in [-0.25, -0.2) is 0 Å². The van der Waals surface area contributed by atoms with Crippen molar-refractivity contribution >= 4 is 11.5 Å². The van der Waals surface area contributed by atoms with Gasteiger partial charge >= 0.3 is 0 Å². The molecule has 0 atom stereocenters. The standard InChI is InChI=1S/C14H23N3O/c1-11(2)5-4-10-17(3)13-8-6-12(7-9-13)14(15)16-18/h6-9,11,18H,4-5,10H2,1-3H3,(H2,15,16). The van der Waals surface area contributed by atoms with Gasteiger partial charge in [0.25, 0.3) is 0 Å². The first-order valence-electron chi connectivity index (χ1n) is 6.33. The van der Waals surface area contributed by atoms with E-state index in [9.17, 15) is 0 Å². The van der Waals surface area contributed by atoms with Crippen molar-refractivity contribution in [3.05, 3.63) is 29.8 Å². The largest absolute Gasteiger partial charge is 0.409 e. The van der Waals surface area contributed by atoms with Crippen LogP contribution in [0.25, 0.3) is 0 Å². The Morgan fingerprint density at radius 3 is 2.44 bits per heavy atom. The molecule has 0 fully saturated rings. The highest BCUT2D eigenvalue weighted by atomic mass is 16.4. The van der Waals surface area contributed by atoms with Gasteiger partial charge in [-0.1, -0.05) is 19.0 Å². The van der Waals surface area contributed by atoms with Gasteiger partial charge in [0.2, 0.25) is 0 Å². The van der Waals surface area contributed by atoms with Crippen molar-refractivity contribution in [3.63, 3.8) is 0 Å². The van der Waals surface area contributed by atoms with Crippen LogP contribution in [0.5, 0.6) is 0 Å². The van der Waals surface area contributed by atoms with Crippen molar-refractivity contribution < 1.29 is 5.21 Å². The molecule has 3 N–H and O–H groups in total. The Morgan fingerprint density at radius 2 is 1.94 bits per heavy atom. The van der Waals surface area contributed by atoms with Crippen molar-refractivity contribution in [2.24, 2.45) is 16.8 Å². The molecule has 100 valence electrons. The van der Waals surface area contributed by atoms with E-state index in [0.717, 1.165) is 23.7 Å². The molecule has 0 heterocycles. The van der Waals surface area contributed by atoms with Gasteiger partial charge in [-0.15, -0.1) is 0 Å². The summed E-state index contributed by atoms with van der Waals surface area (Å²) in [4.78, 5) is 2.22. The van der Waals surface area contributed by atoms with Gasteiger partial charge in [0.1, 0.15) is 0 Å². The molecule has 0 aliphatic carbocycles. The maximum atomic E-state index is 8.59. The van der Waals surface area contributed by atoms with E-state index in [-0.39, 0.29) is 5.84 Å². The summed E-state index contributed by atoms with van der Waals surface area (Å²) in [6.45, 7) is 5.53. The molecule has 4 heteroatoms. The molecule has 0 bridgehead atoms. The molecule has 1 aromatic rings. The third-order valence-corrected chi connectivity index (χ3v) is 2.99. The lowest BCUT2D eigenvalue weighted by molar-refractivity contribution is 0.318. The van der Waals surface area contributed by atoms with Crippen molar-refractivity contribution in [1.82, 2.24) is 0 Å². The van der Waals surface area contributed by atoms with E-state index in [1.54, 1.807) is 0 Å². The lowest BCUT2D eigenvalue weighted by Crippen LogP contribution is -2.19. The summed E-state index contributed by atoms with van der Waals surface area (Å²) in [6, 6.07) is 7.71. The number of rotatable bonds is 6. The summed E-state index contributed by atoms with van der Waals surface area (Å²) in [7, 11) is 2.08. The number of nitrogens with two attached hydrogens (primary N) is 1. The lowest BCUT2D eigenvalue weighted by atomic mass is 10.1. The Balaban J connectivity index is 2.56. The van der Waals surface area contributed by atoms with E-state index < -0.39 is 0 Å². The highest BCUT2D eigenvalue weighted by Crippen LogP contribution is 2.15. The lowest BCUT2D eigenvalue weighted by Gasteiger charge is -2.20. The third-order valence-electron chi connectivity index (χ3n) is 2.99. The Morgan fingerprint density at radius 1 is 1.33 bits per heavy atom. The molecule has 4 nitrogen and oxygen atoms in total. The smallest absolute Gasteiger partial charge is 0.170 e. The van der Waals surface area contributed by atoms with Crippen LogP contribution < -0.4 is 10.6 Å². The molecular weight excluding hydrogens is 226 g/mol. The van der Waals surface area contributed by atoms with Gasteiger partial charge < -0.3 is 15.8 Å². The second kappa shape index (κ2) is 6.89. The minimum absolute atomic E-state index is 0.143. The molecule has 0 radical (unpaired) electrons. The van der Waals surface area contributed by atoms with Crippen LogP contribution in [0, 0.1) is 5.92 Å². The Hall–Kier alpha value is -1.71. The summed E-state index contributed by atoms with van der Waals surface area (Å²) >= 11 is 0. The molecule has 0 saturated heterocycles. The molecular formula is C14H23N3O. The molecule has 0 aromatic heterocycles. The normalized spacial score (nSPS) is 11.9. The second-order valence-electron chi connectivity index (χ2n) is 4.99. The number of hydrogen-bond donors (Lipinski definition) is 2. The van der Waals surface area contributed by atoms with E-state index in [1.165, 1.54) is 12.8 Å². The highest BCUT2D eigenvalue weighted by Gasteiger charge is 2.03. The van der Waals surface area contributed by atoms with E-state index in [0.29, 0.717) is 0 Å². The van der Waals surface area contributed by atoms with Crippen LogP contribution in [0.4, 0.5) is 5.69 Å². The Labute approximate surface area is 109 Å². The summed E-state index contributed by atoms with van der Waals surface area (Å²) in [6.07, 6.45) is 2.43. The highest BCUT2D eigenvalue weighted by molar-refractivity contribution is 5.97. The van der Waals surface area contributed by atoms with E-state index in [1.807, 2.05) is 24.3 Å². The molecule has 0 spiro atoms. The average molecular weight is 249 g/mol. The predicted molar refractivity (Wildman–Crippen MR) is 76.3 cm³/mol. The first-order chi connectivity index (χ1) is 8.54. The topological polar surface area (TPSA) is 61.8 Å². The zero-order valence-electron chi connectivity index (χ0n) is 11.4. The van der Waals surface area contributed by atoms with E-state index in [4.69, 9.17) is 10.9 Å². The van der Waals surface area contributed by atoms with Gasteiger partial charge in [-0.3, -0.25) is 0 Å². The van der Waals surface area contributed by atoms with Crippen LogP contribution in [-0.4, -0.2) is 24.6 Å². The molecule has 0 aliphatic rings. The molecule has 1 aromatic carbocycles.